The van der Waals surface area contributed by atoms with Crippen molar-refractivity contribution >= 4 is 32.7 Å². The summed E-state index contributed by atoms with van der Waals surface area (Å²) in [6.07, 6.45) is 3.36. The molecule has 0 unspecified atom stereocenters. The molecule has 0 N–H and O–H groups in total. The molecule has 1 amide bonds. The van der Waals surface area contributed by atoms with Crippen LogP contribution < -0.4 is 0 Å². The lowest BCUT2D eigenvalue weighted by Crippen LogP contribution is -2.42. The smallest absolute Gasteiger partial charge is 0.254 e. The maximum atomic E-state index is 13.4. The van der Waals surface area contributed by atoms with Crippen molar-refractivity contribution in [1.29, 1.82) is 0 Å². The van der Waals surface area contributed by atoms with Crippen LogP contribution in [-0.2, 0) is 0 Å². The molecule has 0 spiro atoms. The number of nitrogens with zero attached hydrogens (tertiary/aromatic N) is 2. The van der Waals surface area contributed by atoms with Crippen LogP contribution in [0, 0.1) is 0 Å². The van der Waals surface area contributed by atoms with E-state index in [1.54, 1.807) is 0 Å². The Morgan fingerprint density at radius 2 is 1.88 bits per heavy atom. The van der Waals surface area contributed by atoms with E-state index >= 15 is 0 Å². The van der Waals surface area contributed by atoms with Gasteiger partial charge in [-0.1, -0.05) is 46.3 Å². The van der Waals surface area contributed by atoms with E-state index in [2.05, 4.69) is 22.9 Å². The molecule has 1 fully saturated rings. The van der Waals surface area contributed by atoms with Gasteiger partial charge in [-0.05, 0) is 50.5 Å². The number of benzene rings is 2. The summed E-state index contributed by atoms with van der Waals surface area (Å²) in [6.45, 7) is 2.99. The first-order valence-corrected chi connectivity index (χ1v) is 9.89. The van der Waals surface area contributed by atoms with E-state index in [1.165, 1.54) is 6.42 Å². The second-order valence-corrected chi connectivity index (χ2v) is 7.84. The van der Waals surface area contributed by atoms with Crippen LogP contribution in [0.4, 0.5) is 0 Å². The number of aromatic nitrogens is 1. The number of hydrogen-bond acceptors (Lipinski definition) is 2. The quantitative estimate of drug-likeness (QED) is 0.546. The molecule has 1 aliphatic rings. The highest BCUT2D eigenvalue weighted by atomic mass is 79.9. The summed E-state index contributed by atoms with van der Waals surface area (Å²) in [5, 5.41) is 0.927. The summed E-state index contributed by atoms with van der Waals surface area (Å²) in [6, 6.07) is 18.2. The fourth-order valence-corrected chi connectivity index (χ4v) is 3.94. The highest BCUT2D eigenvalue weighted by Gasteiger charge is 2.26. The largest absolute Gasteiger partial charge is 0.336 e. The molecule has 0 bridgehead atoms. The minimum absolute atomic E-state index is 0.120. The number of rotatable bonds is 2. The van der Waals surface area contributed by atoms with Crippen molar-refractivity contribution < 1.29 is 4.79 Å². The summed E-state index contributed by atoms with van der Waals surface area (Å²) in [4.78, 5) is 20.2. The molecule has 1 aromatic heterocycles. The average Bonchev–Trinajstić information content (AvgIpc) is 2.67. The minimum Gasteiger partial charge on any atom is -0.336 e. The van der Waals surface area contributed by atoms with Gasteiger partial charge in [-0.25, -0.2) is 4.98 Å². The van der Waals surface area contributed by atoms with Gasteiger partial charge in [0.15, 0.2) is 0 Å². The van der Waals surface area contributed by atoms with Crippen LogP contribution >= 0.6 is 15.9 Å². The minimum atomic E-state index is 0.120. The standard InChI is InChI=1S/C22H21BrN2O/c1-15-6-4-5-13-25(15)22(26)19-14-21(16-9-11-17(23)12-10-16)24-20-8-3-2-7-18(19)20/h2-3,7-12,14-15H,4-6,13H2,1H3/t15-/m1/s1. The van der Waals surface area contributed by atoms with Crippen molar-refractivity contribution in [1.82, 2.24) is 9.88 Å². The number of para-hydroxylation sites is 1. The first kappa shape index (κ1) is 17.2. The van der Waals surface area contributed by atoms with Gasteiger partial charge in [0.05, 0.1) is 16.8 Å². The summed E-state index contributed by atoms with van der Waals surface area (Å²) >= 11 is 3.47. The number of likely N-dealkylation sites (tertiary alicyclic amines) is 1. The molecule has 2 aromatic carbocycles. The molecule has 2 heterocycles. The van der Waals surface area contributed by atoms with E-state index in [9.17, 15) is 4.79 Å². The number of carbonyl (C=O) groups is 1. The Balaban J connectivity index is 1.84. The van der Waals surface area contributed by atoms with Crippen molar-refractivity contribution in [2.24, 2.45) is 0 Å². The molecule has 4 heteroatoms. The van der Waals surface area contributed by atoms with Gasteiger partial charge in [-0.15, -0.1) is 0 Å². The Hall–Kier alpha value is -2.20. The summed E-state index contributed by atoms with van der Waals surface area (Å²) in [5.74, 6) is 0.120. The van der Waals surface area contributed by atoms with Gasteiger partial charge < -0.3 is 4.90 Å². The lowest BCUT2D eigenvalue weighted by Gasteiger charge is -2.33. The highest BCUT2D eigenvalue weighted by Crippen LogP contribution is 2.28. The van der Waals surface area contributed by atoms with E-state index < -0.39 is 0 Å². The van der Waals surface area contributed by atoms with Crippen molar-refractivity contribution in [3.8, 4) is 11.3 Å². The topological polar surface area (TPSA) is 33.2 Å². The molecule has 26 heavy (non-hydrogen) atoms. The van der Waals surface area contributed by atoms with Crippen LogP contribution in [0.25, 0.3) is 22.2 Å². The zero-order valence-electron chi connectivity index (χ0n) is 14.8. The average molecular weight is 409 g/mol. The third-order valence-electron chi connectivity index (χ3n) is 5.15. The fraction of sp³-hybridized carbons (Fsp3) is 0.273. The maximum Gasteiger partial charge on any atom is 0.254 e. The monoisotopic (exact) mass is 408 g/mol. The number of hydrogen-bond donors (Lipinski definition) is 0. The van der Waals surface area contributed by atoms with Gasteiger partial charge in [0.2, 0.25) is 0 Å². The molecule has 3 aromatic rings. The van der Waals surface area contributed by atoms with Crippen molar-refractivity contribution in [3.63, 3.8) is 0 Å². The summed E-state index contributed by atoms with van der Waals surface area (Å²) in [7, 11) is 0. The second-order valence-electron chi connectivity index (χ2n) is 6.92. The molecule has 3 nitrogen and oxygen atoms in total. The van der Waals surface area contributed by atoms with E-state index in [1.807, 2.05) is 59.5 Å². The third kappa shape index (κ3) is 3.26. The van der Waals surface area contributed by atoms with E-state index in [4.69, 9.17) is 4.98 Å². The van der Waals surface area contributed by atoms with Gasteiger partial charge in [0.1, 0.15) is 0 Å². The molecule has 1 atom stereocenters. The Labute approximate surface area is 162 Å². The molecule has 0 radical (unpaired) electrons. The Kier molecular flexibility index (Phi) is 4.77. The van der Waals surface area contributed by atoms with Gasteiger partial charge in [-0.3, -0.25) is 4.79 Å². The summed E-state index contributed by atoms with van der Waals surface area (Å²) < 4.78 is 1.03. The van der Waals surface area contributed by atoms with Crippen molar-refractivity contribution in [2.45, 2.75) is 32.2 Å². The molecule has 0 aliphatic carbocycles. The number of pyridine rings is 1. The van der Waals surface area contributed by atoms with Gasteiger partial charge in [0.25, 0.3) is 5.91 Å². The van der Waals surface area contributed by atoms with Crippen LogP contribution in [0.15, 0.2) is 59.1 Å². The van der Waals surface area contributed by atoms with Crippen LogP contribution in [0.3, 0.4) is 0 Å². The van der Waals surface area contributed by atoms with Crippen LogP contribution in [0.5, 0.6) is 0 Å². The SMILES string of the molecule is C[C@@H]1CCCCN1C(=O)c1cc(-c2ccc(Br)cc2)nc2ccccc12. The number of halogens is 1. The zero-order chi connectivity index (χ0) is 18.1. The Bertz CT molecular complexity index is 952. The lowest BCUT2D eigenvalue weighted by molar-refractivity contribution is 0.0637. The van der Waals surface area contributed by atoms with Crippen molar-refractivity contribution in [2.75, 3.05) is 6.54 Å². The lowest BCUT2D eigenvalue weighted by atomic mass is 9.99. The number of piperidine rings is 1. The molecule has 1 saturated heterocycles. The number of amides is 1. The van der Waals surface area contributed by atoms with E-state index in [0.717, 1.165) is 51.6 Å². The molecule has 0 saturated carbocycles. The Morgan fingerprint density at radius 3 is 2.65 bits per heavy atom. The van der Waals surface area contributed by atoms with Gasteiger partial charge in [-0.2, -0.15) is 0 Å². The first-order valence-electron chi connectivity index (χ1n) is 9.10. The van der Waals surface area contributed by atoms with E-state index in [0.29, 0.717) is 6.04 Å². The summed E-state index contributed by atoms with van der Waals surface area (Å²) in [5.41, 5.74) is 3.46. The van der Waals surface area contributed by atoms with Crippen molar-refractivity contribution in [3.05, 3.63) is 64.6 Å². The van der Waals surface area contributed by atoms with Gasteiger partial charge in [0, 0.05) is 28.0 Å². The number of carbonyl (C=O) groups excluding carboxylic acids is 1. The fourth-order valence-electron chi connectivity index (χ4n) is 3.68. The molecular formula is C22H21BrN2O. The Morgan fingerprint density at radius 1 is 1.12 bits per heavy atom. The highest BCUT2D eigenvalue weighted by molar-refractivity contribution is 9.10. The number of fused-ring (bicyclic) bond motifs is 1. The molecule has 1 aliphatic heterocycles. The third-order valence-corrected chi connectivity index (χ3v) is 5.68. The van der Waals surface area contributed by atoms with Gasteiger partial charge >= 0.3 is 0 Å². The normalized spacial score (nSPS) is 17.5. The van der Waals surface area contributed by atoms with Crippen LogP contribution in [0.2, 0.25) is 0 Å². The molecular weight excluding hydrogens is 388 g/mol. The second kappa shape index (κ2) is 7.20. The predicted molar refractivity (Wildman–Crippen MR) is 109 cm³/mol. The van der Waals surface area contributed by atoms with E-state index in [-0.39, 0.29) is 5.91 Å². The molecule has 4 rings (SSSR count). The maximum absolute atomic E-state index is 13.4. The van der Waals surface area contributed by atoms with Crippen LogP contribution in [-0.4, -0.2) is 28.4 Å². The zero-order valence-corrected chi connectivity index (χ0v) is 16.4. The predicted octanol–water partition coefficient (Wildman–Crippen LogP) is 5.68. The molecule has 132 valence electrons. The first-order chi connectivity index (χ1) is 12.6. The van der Waals surface area contributed by atoms with Crippen LogP contribution in [0.1, 0.15) is 36.5 Å².